The molecule has 2 amide bonds. The van der Waals surface area contributed by atoms with Crippen LogP contribution in [0, 0.1) is 17.8 Å². The van der Waals surface area contributed by atoms with E-state index in [4.69, 9.17) is 4.74 Å². The Bertz CT molecular complexity index is 962. The summed E-state index contributed by atoms with van der Waals surface area (Å²) in [5, 5.41) is 0. The maximum atomic E-state index is 13.9. The molecule has 1 aromatic rings. The van der Waals surface area contributed by atoms with E-state index in [2.05, 4.69) is 14.8 Å². The fraction of sp³-hybridized carbons (Fsp3) is 0.733. The number of hydrogen-bond acceptors (Lipinski definition) is 6. The van der Waals surface area contributed by atoms with Crippen LogP contribution in [0.4, 0.5) is 0 Å². The predicted molar refractivity (Wildman–Crippen MR) is 144 cm³/mol. The minimum atomic E-state index is -0.130. The van der Waals surface area contributed by atoms with E-state index in [0.717, 1.165) is 32.2 Å². The van der Waals surface area contributed by atoms with E-state index < -0.39 is 0 Å². The number of aromatic nitrogens is 1. The molecule has 4 unspecified atom stereocenters. The zero-order chi connectivity index (χ0) is 26.5. The number of rotatable bonds is 8. The zero-order valence-electron chi connectivity index (χ0n) is 22.9. The molecule has 4 aliphatic heterocycles. The van der Waals surface area contributed by atoms with Gasteiger partial charge in [0, 0.05) is 57.0 Å². The molecule has 8 nitrogen and oxygen atoms in total. The summed E-state index contributed by atoms with van der Waals surface area (Å²) in [4.78, 5) is 49.6. The van der Waals surface area contributed by atoms with E-state index in [1.165, 1.54) is 38.8 Å². The summed E-state index contributed by atoms with van der Waals surface area (Å²) in [6.07, 6.45) is 12.5. The van der Waals surface area contributed by atoms with E-state index in [-0.39, 0.29) is 23.8 Å². The maximum absolute atomic E-state index is 13.9. The van der Waals surface area contributed by atoms with Gasteiger partial charge in [-0.05, 0) is 101 Å². The second kappa shape index (κ2) is 12.6. The summed E-state index contributed by atoms with van der Waals surface area (Å²) in [6, 6.07) is 4.42. The highest BCUT2D eigenvalue weighted by atomic mass is 16.5. The van der Waals surface area contributed by atoms with Gasteiger partial charge in [-0.1, -0.05) is 0 Å². The molecule has 5 rings (SSSR count). The predicted octanol–water partition coefficient (Wildman–Crippen LogP) is 3.76. The first-order chi connectivity index (χ1) is 18.5. The Morgan fingerprint density at radius 1 is 1.05 bits per heavy atom. The maximum Gasteiger partial charge on any atom is 0.305 e. The number of carbonyl (C=O) groups excluding carboxylic acids is 3. The number of carbonyl (C=O) groups is 3. The van der Waals surface area contributed by atoms with Gasteiger partial charge in [0.05, 0.1) is 12.2 Å². The Labute approximate surface area is 227 Å². The van der Waals surface area contributed by atoms with Crippen molar-refractivity contribution >= 4 is 17.8 Å². The highest BCUT2D eigenvalue weighted by Gasteiger charge is 2.49. The van der Waals surface area contributed by atoms with Crippen LogP contribution in [-0.2, 0) is 14.3 Å². The molecule has 208 valence electrons. The molecule has 5 heterocycles. The summed E-state index contributed by atoms with van der Waals surface area (Å²) in [6.45, 7) is 6.89. The van der Waals surface area contributed by atoms with E-state index >= 15 is 0 Å². The van der Waals surface area contributed by atoms with E-state index in [0.29, 0.717) is 61.9 Å². The fourth-order valence-electron chi connectivity index (χ4n) is 7.72. The summed E-state index contributed by atoms with van der Waals surface area (Å²) in [7, 11) is 0. The molecule has 0 spiro atoms. The number of esters is 1. The average Bonchev–Trinajstić information content (AvgIpc) is 2.95. The number of amides is 2. The van der Waals surface area contributed by atoms with Crippen LogP contribution in [0.25, 0.3) is 0 Å². The molecule has 4 saturated heterocycles. The molecule has 4 aliphatic rings. The molecule has 1 aromatic heterocycles. The molecule has 38 heavy (non-hydrogen) atoms. The van der Waals surface area contributed by atoms with Gasteiger partial charge in [0.2, 0.25) is 5.91 Å². The minimum Gasteiger partial charge on any atom is -0.466 e. The molecule has 0 radical (unpaired) electrons. The van der Waals surface area contributed by atoms with Crippen molar-refractivity contribution in [1.82, 2.24) is 19.7 Å². The van der Waals surface area contributed by atoms with Crippen molar-refractivity contribution in [2.45, 2.75) is 83.2 Å². The Morgan fingerprint density at radius 3 is 2.58 bits per heavy atom. The standard InChI is InChI=1S/C30H44N4O4/c1-2-38-28(36)11-3-10-26-25-9-6-16-32-15-5-8-24(29(25)32)21-34(26)27(35)19-22-12-17-33(18-13-22)30(37)23-7-4-14-31-20-23/h4,7,14,20,22,24-26,29H,2-3,5-6,8-13,15-19,21H2,1H3. The highest BCUT2D eigenvalue weighted by molar-refractivity contribution is 5.93. The van der Waals surface area contributed by atoms with Gasteiger partial charge in [-0.15, -0.1) is 0 Å². The van der Waals surface area contributed by atoms with Crippen LogP contribution >= 0.6 is 0 Å². The number of pyridine rings is 1. The molecular formula is C30H44N4O4. The van der Waals surface area contributed by atoms with Crippen molar-refractivity contribution in [2.75, 3.05) is 39.3 Å². The normalized spacial score (nSPS) is 28.0. The summed E-state index contributed by atoms with van der Waals surface area (Å²) < 4.78 is 5.17. The van der Waals surface area contributed by atoms with E-state index in [1.807, 2.05) is 17.9 Å². The van der Waals surface area contributed by atoms with Gasteiger partial charge < -0.3 is 14.5 Å². The third-order valence-electron chi connectivity index (χ3n) is 9.45. The van der Waals surface area contributed by atoms with E-state index in [1.54, 1.807) is 18.5 Å². The second-order valence-corrected chi connectivity index (χ2v) is 11.7. The third kappa shape index (κ3) is 6.05. The average molecular weight is 525 g/mol. The molecule has 4 atom stereocenters. The van der Waals surface area contributed by atoms with Crippen LogP contribution in [0.1, 0.15) is 81.5 Å². The minimum absolute atomic E-state index is 0.0331. The van der Waals surface area contributed by atoms with E-state index in [9.17, 15) is 14.4 Å². The first kappa shape index (κ1) is 27.1. The third-order valence-corrected chi connectivity index (χ3v) is 9.45. The quantitative estimate of drug-likeness (QED) is 0.482. The fourth-order valence-corrected chi connectivity index (χ4v) is 7.72. The van der Waals surface area contributed by atoms with Crippen LogP contribution in [0.5, 0.6) is 0 Å². The van der Waals surface area contributed by atoms with Crippen molar-refractivity contribution in [3.05, 3.63) is 30.1 Å². The molecule has 0 aliphatic carbocycles. The smallest absolute Gasteiger partial charge is 0.305 e. The van der Waals surface area contributed by atoms with Gasteiger partial charge in [-0.2, -0.15) is 0 Å². The van der Waals surface area contributed by atoms with Gasteiger partial charge in [-0.3, -0.25) is 24.3 Å². The van der Waals surface area contributed by atoms with Gasteiger partial charge in [0.25, 0.3) is 5.91 Å². The summed E-state index contributed by atoms with van der Waals surface area (Å²) in [5.74, 6) is 1.57. The van der Waals surface area contributed by atoms with Crippen molar-refractivity contribution in [3.63, 3.8) is 0 Å². The van der Waals surface area contributed by atoms with Gasteiger partial charge in [-0.25, -0.2) is 0 Å². The van der Waals surface area contributed by atoms with Crippen molar-refractivity contribution in [2.24, 2.45) is 17.8 Å². The first-order valence-corrected chi connectivity index (χ1v) is 14.9. The Morgan fingerprint density at radius 2 is 1.84 bits per heavy atom. The van der Waals surface area contributed by atoms with Gasteiger partial charge in [0.1, 0.15) is 0 Å². The van der Waals surface area contributed by atoms with Crippen LogP contribution in [-0.4, -0.2) is 88.9 Å². The van der Waals surface area contributed by atoms with Crippen molar-refractivity contribution in [3.8, 4) is 0 Å². The van der Waals surface area contributed by atoms with Crippen molar-refractivity contribution in [1.29, 1.82) is 0 Å². The Hall–Kier alpha value is -2.48. The molecular weight excluding hydrogens is 480 g/mol. The van der Waals surface area contributed by atoms with Crippen molar-refractivity contribution < 1.29 is 19.1 Å². The Balaban J connectivity index is 1.22. The molecule has 4 fully saturated rings. The number of nitrogens with zero attached hydrogens (tertiary/aromatic N) is 4. The lowest BCUT2D eigenvalue weighted by Crippen LogP contribution is -2.65. The lowest BCUT2D eigenvalue weighted by atomic mass is 9.69. The monoisotopic (exact) mass is 524 g/mol. The summed E-state index contributed by atoms with van der Waals surface area (Å²) >= 11 is 0. The summed E-state index contributed by atoms with van der Waals surface area (Å²) in [5.41, 5.74) is 0.629. The van der Waals surface area contributed by atoms with Crippen LogP contribution in [0.3, 0.4) is 0 Å². The number of piperidine rings is 4. The molecule has 0 N–H and O–H groups in total. The van der Waals surface area contributed by atoms with Crippen LogP contribution in [0.2, 0.25) is 0 Å². The zero-order valence-corrected chi connectivity index (χ0v) is 22.9. The number of hydrogen-bond donors (Lipinski definition) is 0. The van der Waals surface area contributed by atoms with Crippen LogP contribution in [0.15, 0.2) is 24.5 Å². The highest BCUT2D eigenvalue weighted by Crippen LogP contribution is 2.43. The SMILES string of the molecule is CCOC(=O)CCCC1C2CCCN3CCCC(CN1C(=O)CC1CCN(C(=O)c4cccnc4)CC1)C23. The largest absolute Gasteiger partial charge is 0.466 e. The molecule has 0 aromatic carbocycles. The topological polar surface area (TPSA) is 83.0 Å². The number of ether oxygens (including phenoxy) is 1. The van der Waals surface area contributed by atoms with Gasteiger partial charge in [0.15, 0.2) is 0 Å². The van der Waals surface area contributed by atoms with Crippen LogP contribution < -0.4 is 0 Å². The molecule has 0 bridgehead atoms. The Kier molecular flexibility index (Phi) is 8.97. The lowest BCUT2D eigenvalue weighted by molar-refractivity contribution is -0.148. The van der Waals surface area contributed by atoms with Gasteiger partial charge >= 0.3 is 5.97 Å². The molecule has 8 heteroatoms. The second-order valence-electron chi connectivity index (χ2n) is 11.7. The first-order valence-electron chi connectivity index (χ1n) is 14.9. The molecule has 0 saturated carbocycles. The number of likely N-dealkylation sites (tertiary alicyclic amines) is 2. The lowest BCUT2D eigenvalue weighted by Gasteiger charge is -2.57.